The molecule has 3 heteroatoms. The van der Waals surface area contributed by atoms with Crippen LogP contribution in [0.4, 0.5) is 0 Å². The third-order valence-electron chi connectivity index (χ3n) is 1.55. The summed E-state index contributed by atoms with van der Waals surface area (Å²) in [6.45, 7) is 9.46. The van der Waals surface area contributed by atoms with Gasteiger partial charge in [0.25, 0.3) is 0 Å². The van der Waals surface area contributed by atoms with Crippen molar-refractivity contribution in [1.29, 1.82) is 0 Å². The minimum atomic E-state index is -1.01. The lowest BCUT2D eigenvalue weighted by molar-refractivity contribution is -0.132. The van der Waals surface area contributed by atoms with E-state index >= 15 is 0 Å². The maximum absolute atomic E-state index is 10.4. The first kappa shape index (κ1) is 11.2. The van der Waals surface area contributed by atoms with Crippen molar-refractivity contribution >= 4 is 5.97 Å². The number of rotatable bonds is 3. The van der Waals surface area contributed by atoms with Crippen molar-refractivity contribution in [3.05, 3.63) is 12.2 Å². The van der Waals surface area contributed by atoms with Gasteiger partial charge in [-0.2, -0.15) is 0 Å². The van der Waals surface area contributed by atoms with Gasteiger partial charge in [0, 0.05) is 11.6 Å². The average Bonchev–Trinajstić information content (AvgIpc) is 1.82. The van der Waals surface area contributed by atoms with E-state index in [-0.39, 0.29) is 11.0 Å². The van der Waals surface area contributed by atoms with E-state index in [0.717, 1.165) is 0 Å². The van der Waals surface area contributed by atoms with Crippen molar-refractivity contribution in [2.24, 2.45) is 11.1 Å². The van der Waals surface area contributed by atoms with Gasteiger partial charge in [0.05, 0.1) is 0 Å². The Kier molecular flexibility index (Phi) is 3.46. The monoisotopic (exact) mass is 171 g/mol. The van der Waals surface area contributed by atoms with Gasteiger partial charge in [0.2, 0.25) is 0 Å². The molecule has 0 aliphatic heterocycles. The van der Waals surface area contributed by atoms with E-state index in [1.165, 1.54) is 0 Å². The molecule has 0 heterocycles. The second kappa shape index (κ2) is 3.72. The topological polar surface area (TPSA) is 63.3 Å². The van der Waals surface area contributed by atoms with Crippen molar-refractivity contribution in [1.82, 2.24) is 0 Å². The van der Waals surface area contributed by atoms with Crippen LogP contribution in [-0.4, -0.2) is 17.1 Å². The normalized spacial score (nSPS) is 14.0. The summed E-state index contributed by atoms with van der Waals surface area (Å²) in [5.74, 6) is -1.01. The molecule has 1 unspecified atom stereocenters. The molecule has 0 saturated carbocycles. The van der Waals surface area contributed by atoms with Gasteiger partial charge in [-0.25, -0.2) is 4.79 Å². The van der Waals surface area contributed by atoms with Gasteiger partial charge in [0.15, 0.2) is 0 Å². The van der Waals surface area contributed by atoms with E-state index in [2.05, 4.69) is 6.58 Å². The fraction of sp³-hybridized carbons (Fsp3) is 0.667. The Hall–Kier alpha value is -0.830. The molecule has 0 amide bonds. The van der Waals surface area contributed by atoms with E-state index in [0.29, 0.717) is 6.42 Å². The Labute approximate surface area is 73.3 Å². The van der Waals surface area contributed by atoms with Gasteiger partial charge < -0.3 is 10.8 Å². The molecule has 0 radical (unpaired) electrons. The predicted octanol–water partition coefficient (Wildman–Crippen LogP) is 1.39. The standard InChI is InChI=1S/C9H17NO2/c1-6(8(11)12)7(10)5-9(2,3)4/h7H,1,5,10H2,2-4H3,(H,11,12). The predicted molar refractivity (Wildman–Crippen MR) is 48.8 cm³/mol. The van der Waals surface area contributed by atoms with Crippen molar-refractivity contribution in [2.75, 3.05) is 0 Å². The molecule has 0 saturated heterocycles. The highest BCUT2D eigenvalue weighted by molar-refractivity contribution is 5.87. The zero-order valence-corrected chi connectivity index (χ0v) is 7.92. The van der Waals surface area contributed by atoms with Crippen LogP contribution in [-0.2, 0) is 4.79 Å². The molecule has 3 nitrogen and oxygen atoms in total. The summed E-state index contributed by atoms with van der Waals surface area (Å²) in [7, 11) is 0. The van der Waals surface area contributed by atoms with Gasteiger partial charge in [-0.1, -0.05) is 27.4 Å². The van der Waals surface area contributed by atoms with Gasteiger partial charge in [-0.3, -0.25) is 0 Å². The van der Waals surface area contributed by atoms with Crippen molar-refractivity contribution in [3.63, 3.8) is 0 Å². The third kappa shape index (κ3) is 4.13. The van der Waals surface area contributed by atoms with Crippen LogP contribution in [0.2, 0.25) is 0 Å². The van der Waals surface area contributed by atoms with E-state index < -0.39 is 12.0 Å². The Bertz CT molecular complexity index is 191. The van der Waals surface area contributed by atoms with Gasteiger partial charge in [0.1, 0.15) is 0 Å². The van der Waals surface area contributed by atoms with Crippen LogP contribution in [0.3, 0.4) is 0 Å². The first-order chi connectivity index (χ1) is 5.24. The lowest BCUT2D eigenvalue weighted by Gasteiger charge is -2.22. The molecule has 0 spiro atoms. The van der Waals surface area contributed by atoms with Gasteiger partial charge >= 0.3 is 5.97 Å². The van der Waals surface area contributed by atoms with Gasteiger partial charge in [-0.05, 0) is 11.8 Å². The summed E-state index contributed by atoms with van der Waals surface area (Å²) in [6.07, 6.45) is 0.637. The molecule has 3 N–H and O–H groups in total. The summed E-state index contributed by atoms with van der Waals surface area (Å²) >= 11 is 0. The van der Waals surface area contributed by atoms with Crippen LogP contribution in [0.1, 0.15) is 27.2 Å². The molecule has 70 valence electrons. The molecule has 0 fully saturated rings. The number of hydrogen-bond donors (Lipinski definition) is 2. The molecule has 0 aromatic carbocycles. The summed E-state index contributed by atoms with van der Waals surface area (Å²) in [5.41, 5.74) is 5.75. The molecule has 0 aliphatic rings. The van der Waals surface area contributed by atoms with Crippen molar-refractivity contribution < 1.29 is 9.90 Å². The zero-order valence-electron chi connectivity index (χ0n) is 7.92. The zero-order chi connectivity index (χ0) is 9.94. The molecule has 1 atom stereocenters. The van der Waals surface area contributed by atoms with E-state index in [9.17, 15) is 4.79 Å². The largest absolute Gasteiger partial charge is 0.478 e. The van der Waals surface area contributed by atoms with E-state index in [4.69, 9.17) is 10.8 Å². The summed E-state index contributed by atoms with van der Waals surface area (Å²) < 4.78 is 0. The van der Waals surface area contributed by atoms with E-state index in [1.54, 1.807) is 0 Å². The highest BCUT2D eigenvalue weighted by Crippen LogP contribution is 2.22. The van der Waals surface area contributed by atoms with Crippen LogP contribution in [0, 0.1) is 5.41 Å². The maximum atomic E-state index is 10.4. The Morgan fingerprint density at radius 2 is 2.00 bits per heavy atom. The number of hydrogen-bond acceptors (Lipinski definition) is 2. The minimum Gasteiger partial charge on any atom is -0.478 e. The van der Waals surface area contributed by atoms with Gasteiger partial charge in [-0.15, -0.1) is 0 Å². The quantitative estimate of drug-likeness (QED) is 0.631. The lowest BCUT2D eigenvalue weighted by Crippen LogP contribution is -2.31. The fourth-order valence-corrected chi connectivity index (χ4v) is 0.942. The Morgan fingerprint density at radius 1 is 1.58 bits per heavy atom. The first-order valence-corrected chi connectivity index (χ1v) is 3.92. The van der Waals surface area contributed by atoms with Crippen LogP contribution >= 0.6 is 0 Å². The Balaban J connectivity index is 4.14. The number of aliphatic carboxylic acids is 1. The molecule has 0 aliphatic carbocycles. The van der Waals surface area contributed by atoms with Crippen LogP contribution in [0.25, 0.3) is 0 Å². The molecule has 12 heavy (non-hydrogen) atoms. The number of nitrogens with two attached hydrogens (primary N) is 1. The number of carboxylic acids is 1. The SMILES string of the molecule is C=C(C(=O)O)C(N)CC(C)(C)C. The molecule has 0 aromatic rings. The number of carbonyl (C=O) groups is 1. The third-order valence-corrected chi connectivity index (χ3v) is 1.55. The van der Waals surface area contributed by atoms with Crippen LogP contribution in [0.15, 0.2) is 12.2 Å². The molecular weight excluding hydrogens is 154 g/mol. The molecule has 0 aromatic heterocycles. The van der Waals surface area contributed by atoms with Crippen LogP contribution < -0.4 is 5.73 Å². The molecular formula is C9H17NO2. The lowest BCUT2D eigenvalue weighted by atomic mass is 9.86. The Morgan fingerprint density at radius 3 is 2.25 bits per heavy atom. The fourth-order valence-electron chi connectivity index (χ4n) is 0.942. The number of carboxylic acid groups (broad SMARTS) is 1. The summed E-state index contributed by atoms with van der Waals surface area (Å²) in [4.78, 5) is 10.4. The second-order valence-electron chi connectivity index (χ2n) is 4.20. The second-order valence-corrected chi connectivity index (χ2v) is 4.20. The smallest absolute Gasteiger partial charge is 0.332 e. The highest BCUT2D eigenvalue weighted by atomic mass is 16.4. The highest BCUT2D eigenvalue weighted by Gasteiger charge is 2.20. The average molecular weight is 171 g/mol. The first-order valence-electron chi connectivity index (χ1n) is 3.92. The maximum Gasteiger partial charge on any atom is 0.332 e. The molecule has 0 rings (SSSR count). The minimum absolute atomic E-state index is 0.0395. The van der Waals surface area contributed by atoms with Crippen molar-refractivity contribution in [2.45, 2.75) is 33.2 Å². The van der Waals surface area contributed by atoms with E-state index in [1.807, 2.05) is 20.8 Å². The van der Waals surface area contributed by atoms with Crippen molar-refractivity contribution in [3.8, 4) is 0 Å². The van der Waals surface area contributed by atoms with Crippen LogP contribution in [0.5, 0.6) is 0 Å². The summed E-state index contributed by atoms with van der Waals surface area (Å²) in [6, 6.07) is -0.442. The molecule has 0 bridgehead atoms. The summed E-state index contributed by atoms with van der Waals surface area (Å²) in [5, 5.41) is 8.57.